The van der Waals surface area contributed by atoms with Gasteiger partial charge in [0.25, 0.3) is 0 Å². The third-order valence-corrected chi connectivity index (χ3v) is 2.14. The number of hydrazine groups is 1. The van der Waals surface area contributed by atoms with E-state index >= 15 is 0 Å². The predicted molar refractivity (Wildman–Crippen MR) is 50.1 cm³/mol. The van der Waals surface area contributed by atoms with E-state index in [0.29, 0.717) is 6.54 Å². The normalized spacial score (nSPS) is 16.1. The summed E-state index contributed by atoms with van der Waals surface area (Å²) in [7, 11) is 0. The lowest BCUT2D eigenvalue weighted by Gasteiger charge is -2.11. The van der Waals surface area contributed by atoms with E-state index in [1.54, 1.807) is 0 Å². The molecule has 0 atom stereocenters. The Labute approximate surface area is 76.3 Å². The first-order chi connectivity index (χ1) is 6.27. The largest absolute Gasteiger partial charge is 0.335 e. The summed E-state index contributed by atoms with van der Waals surface area (Å²) in [5.74, 6) is 5.48. The molecule has 1 aromatic carbocycles. The van der Waals surface area contributed by atoms with Gasteiger partial charge in [-0.25, -0.2) is 10.6 Å². The molecule has 1 aliphatic rings. The highest BCUT2D eigenvalue weighted by Crippen LogP contribution is 2.18. The molecule has 68 valence electrons. The molecular formula is C9H11N3O. The van der Waals surface area contributed by atoms with Crippen LogP contribution < -0.4 is 11.2 Å². The minimum Gasteiger partial charge on any atom is -0.306 e. The van der Waals surface area contributed by atoms with E-state index in [9.17, 15) is 4.79 Å². The van der Waals surface area contributed by atoms with Crippen LogP contribution in [0, 0.1) is 0 Å². The second kappa shape index (κ2) is 3.06. The molecule has 0 saturated heterocycles. The zero-order chi connectivity index (χ0) is 9.26. The van der Waals surface area contributed by atoms with Gasteiger partial charge in [0.05, 0.1) is 0 Å². The van der Waals surface area contributed by atoms with E-state index in [2.05, 4.69) is 5.32 Å². The van der Waals surface area contributed by atoms with Gasteiger partial charge in [0.15, 0.2) is 0 Å². The number of para-hydroxylation sites is 1. The Kier molecular flexibility index (Phi) is 1.90. The molecule has 3 N–H and O–H groups in total. The second-order valence-electron chi connectivity index (χ2n) is 3.03. The van der Waals surface area contributed by atoms with Crippen LogP contribution >= 0.6 is 0 Å². The summed E-state index contributed by atoms with van der Waals surface area (Å²) in [4.78, 5) is 11.3. The number of nitrogens with two attached hydrogens (primary N) is 1. The van der Waals surface area contributed by atoms with E-state index in [1.807, 2.05) is 24.3 Å². The van der Waals surface area contributed by atoms with Crippen molar-refractivity contribution in [3.8, 4) is 0 Å². The van der Waals surface area contributed by atoms with Gasteiger partial charge in [-0.15, -0.1) is 0 Å². The maximum atomic E-state index is 11.3. The van der Waals surface area contributed by atoms with Crippen LogP contribution in [-0.4, -0.2) is 17.6 Å². The van der Waals surface area contributed by atoms with Gasteiger partial charge >= 0.3 is 6.03 Å². The van der Waals surface area contributed by atoms with Crippen LogP contribution in [0.3, 0.4) is 0 Å². The van der Waals surface area contributed by atoms with E-state index in [1.165, 1.54) is 5.01 Å². The molecule has 0 fully saturated rings. The highest BCUT2D eigenvalue weighted by molar-refractivity contribution is 5.90. The Hall–Kier alpha value is -1.55. The summed E-state index contributed by atoms with van der Waals surface area (Å²) in [5, 5.41) is 3.93. The second-order valence-corrected chi connectivity index (χ2v) is 3.03. The van der Waals surface area contributed by atoms with Crippen molar-refractivity contribution < 1.29 is 4.79 Å². The van der Waals surface area contributed by atoms with Crippen molar-refractivity contribution >= 4 is 11.7 Å². The molecule has 13 heavy (non-hydrogen) atoms. The van der Waals surface area contributed by atoms with Crippen molar-refractivity contribution in [1.29, 1.82) is 0 Å². The first-order valence-corrected chi connectivity index (χ1v) is 4.18. The Morgan fingerprint density at radius 3 is 3.00 bits per heavy atom. The molecule has 1 aliphatic heterocycles. The maximum Gasteiger partial charge on any atom is 0.335 e. The van der Waals surface area contributed by atoms with Crippen molar-refractivity contribution in [3.63, 3.8) is 0 Å². The smallest absolute Gasteiger partial charge is 0.306 e. The number of hydrogen-bond donors (Lipinski definition) is 2. The summed E-state index contributed by atoms with van der Waals surface area (Å²) in [6, 6.07) is 7.48. The number of benzene rings is 1. The van der Waals surface area contributed by atoms with Crippen LogP contribution in [0.4, 0.5) is 10.5 Å². The minimum absolute atomic E-state index is 0.245. The maximum absolute atomic E-state index is 11.3. The number of fused-ring (bicyclic) bond motifs is 1. The van der Waals surface area contributed by atoms with Crippen LogP contribution in [0.15, 0.2) is 24.3 Å². The van der Waals surface area contributed by atoms with Gasteiger partial charge < -0.3 is 5.32 Å². The van der Waals surface area contributed by atoms with Gasteiger partial charge in [0.1, 0.15) is 0 Å². The summed E-state index contributed by atoms with van der Waals surface area (Å²) < 4.78 is 0. The lowest BCUT2D eigenvalue weighted by atomic mass is 10.1. The topological polar surface area (TPSA) is 58.4 Å². The van der Waals surface area contributed by atoms with Crippen molar-refractivity contribution in [2.24, 2.45) is 5.84 Å². The van der Waals surface area contributed by atoms with E-state index in [4.69, 9.17) is 5.84 Å². The molecule has 0 unspecified atom stereocenters. The van der Waals surface area contributed by atoms with Gasteiger partial charge in [-0.3, -0.25) is 5.01 Å². The number of hydrogen-bond acceptors (Lipinski definition) is 2. The van der Waals surface area contributed by atoms with Crippen LogP contribution in [0.25, 0.3) is 0 Å². The Balaban J connectivity index is 2.35. The summed E-state index contributed by atoms with van der Waals surface area (Å²) >= 11 is 0. The average Bonchev–Trinajstić information content (AvgIpc) is 2.28. The molecule has 0 aliphatic carbocycles. The molecule has 0 bridgehead atoms. The number of nitrogens with zero attached hydrogens (tertiary/aromatic N) is 1. The van der Waals surface area contributed by atoms with Crippen molar-refractivity contribution in [3.05, 3.63) is 29.8 Å². The molecule has 2 amide bonds. The first-order valence-electron chi connectivity index (χ1n) is 4.18. The lowest BCUT2D eigenvalue weighted by Crippen LogP contribution is -2.40. The number of rotatable bonds is 0. The molecule has 0 spiro atoms. The molecule has 1 heterocycles. The predicted octanol–water partition coefficient (Wildman–Crippen LogP) is 0.950. The van der Waals surface area contributed by atoms with Crippen LogP contribution in [0.1, 0.15) is 5.56 Å². The van der Waals surface area contributed by atoms with Crippen molar-refractivity contribution in [1.82, 2.24) is 5.01 Å². The third-order valence-electron chi connectivity index (χ3n) is 2.14. The van der Waals surface area contributed by atoms with Gasteiger partial charge in [-0.1, -0.05) is 18.2 Å². The van der Waals surface area contributed by atoms with Crippen molar-refractivity contribution in [2.45, 2.75) is 6.42 Å². The molecular weight excluding hydrogens is 166 g/mol. The van der Waals surface area contributed by atoms with E-state index in [-0.39, 0.29) is 6.03 Å². The number of anilines is 1. The number of urea groups is 1. The van der Waals surface area contributed by atoms with Crippen LogP contribution in [0.2, 0.25) is 0 Å². The summed E-state index contributed by atoms with van der Waals surface area (Å²) in [6.07, 6.45) is 0.797. The molecule has 1 aromatic rings. The molecule has 0 saturated carbocycles. The fourth-order valence-electron chi connectivity index (χ4n) is 1.39. The van der Waals surface area contributed by atoms with Crippen molar-refractivity contribution in [2.75, 3.05) is 11.9 Å². The van der Waals surface area contributed by atoms with E-state index < -0.39 is 0 Å². The zero-order valence-electron chi connectivity index (χ0n) is 7.16. The SMILES string of the molecule is NN1CCc2ccccc2NC1=O. The number of amides is 2. The Bertz CT molecular complexity index is 337. The first kappa shape index (κ1) is 8.07. The van der Waals surface area contributed by atoms with Gasteiger partial charge in [0.2, 0.25) is 0 Å². The fourth-order valence-corrected chi connectivity index (χ4v) is 1.39. The van der Waals surface area contributed by atoms with Gasteiger partial charge in [0, 0.05) is 12.2 Å². The fraction of sp³-hybridized carbons (Fsp3) is 0.222. The average molecular weight is 177 g/mol. The Morgan fingerprint density at radius 1 is 1.38 bits per heavy atom. The molecule has 2 rings (SSSR count). The molecule has 4 heteroatoms. The minimum atomic E-state index is -0.245. The zero-order valence-corrected chi connectivity index (χ0v) is 7.16. The number of carbonyl (C=O) groups is 1. The third kappa shape index (κ3) is 1.48. The van der Waals surface area contributed by atoms with Crippen LogP contribution in [-0.2, 0) is 6.42 Å². The highest BCUT2D eigenvalue weighted by Gasteiger charge is 2.15. The van der Waals surface area contributed by atoms with Crippen LogP contribution in [0.5, 0.6) is 0 Å². The van der Waals surface area contributed by atoms with Gasteiger partial charge in [-0.2, -0.15) is 0 Å². The highest BCUT2D eigenvalue weighted by atomic mass is 16.2. The van der Waals surface area contributed by atoms with E-state index in [0.717, 1.165) is 17.7 Å². The molecule has 0 radical (unpaired) electrons. The van der Waals surface area contributed by atoms with Gasteiger partial charge in [-0.05, 0) is 18.1 Å². The Morgan fingerprint density at radius 2 is 2.15 bits per heavy atom. The monoisotopic (exact) mass is 177 g/mol. The quantitative estimate of drug-likeness (QED) is 0.458. The standard InChI is InChI=1S/C9H11N3O/c10-12-6-5-7-3-1-2-4-8(7)11-9(12)13/h1-4H,5-6,10H2,(H,11,13). The molecule has 4 nitrogen and oxygen atoms in total. The number of nitrogens with one attached hydrogen (secondary N) is 1. The molecule has 0 aromatic heterocycles. The lowest BCUT2D eigenvalue weighted by molar-refractivity contribution is 0.214. The number of carbonyl (C=O) groups excluding carboxylic acids is 1. The summed E-state index contributed by atoms with van der Waals surface area (Å²) in [6.45, 7) is 0.558. The summed E-state index contributed by atoms with van der Waals surface area (Å²) in [5.41, 5.74) is 1.99.